The third-order valence-electron chi connectivity index (χ3n) is 8.43. The molecule has 1 aliphatic carbocycles. The highest BCUT2D eigenvalue weighted by Crippen LogP contribution is 2.40. The first kappa shape index (κ1) is 30.1. The Morgan fingerprint density at radius 3 is 2.66 bits per heavy atom. The Kier molecular flexibility index (Phi) is 8.10. The minimum absolute atomic E-state index is 0.110. The number of nitrogens with one attached hydrogen (secondary N) is 2. The van der Waals surface area contributed by atoms with Gasteiger partial charge in [0, 0.05) is 29.7 Å². The van der Waals surface area contributed by atoms with Gasteiger partial charge in [-0.3, -0.25) is 14.9 Å². The molecule has 0 spiro atoms. The largest absolute Gasteiger partial charge is 0.488 e. The molecule has 238 valence electrons. The Labute approximate surface area is 270 Å². The van der Waals surface area contributed by atoms with Crippen molar-refractivity contribution >= 4 is 23.1 Å². The molecule has 2 N–H and O–H groups in total. The number of fused-ring (bicyclic) bond motifs is 1. The molecule has 1 unspecified atom stereocenters. The fourth-order valence-electron chi connectivity index (χ4n) is 6.02. The number of nitrogens with zero attached hydrogens (tertiary/aromatic N) is 4. The Morgan fingerprint density at radius 2 is 1.89 bits per heavy atom. The van der Waals surface area contributed by atoms with Gasteiger partial charge >= 0.3 is 5.69 Å². The maximum absolute atomic E-state index is 13.7. The summed E-state index contributed by atoms with van der Waals surface area (Å²) in [7, 11) is 0. The van der Waals surface area contributed by atoms with Crippen molar-refractivity contribution in [1.82, 2.24) is 20.1 Å². The minimum atomic E-state index is -0.627. The molecule has 12 nitrogen and oxygen atoms in total. The van der Waals surface area contributed by atoms with E-state index >= 15 is 0 Å². The first-order chi connectivity index (χ1) is 22.9. The van der Waals surface area contributed by atoms with E-state index in [2.05, 4.69) is 20.7 Å². The van der Waals surface area contributed by atoms with Gasteiger partial charge in [-0.2, -0.15) is 5.10 Å². The summed E-state index contributed by atoms with van der Waals surface area (Å²) in [5.74, 6) is 0.926. The van der Waals surface area contributed by atoms with Crippen LogP contribution < -0.4 is 15.4 Å². The lowest BCUT2D eigenvalue weighted by atomic mass is 9.93. The van der Waals surface area contributed by atoms with Crippen LogP contribution in [0.1, 0.15) is 52.2 Å². The molecular formula is C35H32N6O6. The van der Waals surface area contributed by atoms with Gasteiger partial charge in [0.1, 0.15) is 12.4 Å². The number of nitro groups is 1. The van der Waals surface area contributed by atoms with Crippen LogP contribution in [0.15, 0.2) is 97.3 Å². The molecule has 1 aliphatic heterocycles. The van der Waals surface area contributed by atoms with E-state index in [0.29, 0.717) is 61.0 Å². The molecule has 7 rings (SSSR count). The highest BCUT2D eigenvalue weighted by molar-refractivity contribution is 5.95. The summed E-state index contributed by atoms with van der Waals surface area (Å²) in [6, 6.07) is 25.6. The summed E-state index contributed by atoms with van der Waals surface area (Å²) in [6.07, 6.45) is 4.11. The zero-order chi connectivity index (χ0) is 32.4. The molecule has 5 aromatic rings. The molecule has 3 aromatic carbocycles. The predicted molar refractivity (Wildman–Crippen MR) is 173 cm³/mol. The molecule has 3 heterocycles. The maximum atomic E-state index is 13.7. The van der Waals surface area contributed by atoms with Gasteiger partial charge in [-0.05, 0) is 78.9 Å². The second kappa shape index (κ2) is 12.7. The van der Waals surface area contributed by atoms with Crippen molar-refractivity contribution in [3.63, 3.8) is 0 Å². The van der Waals surface area contributed by atoms with Gasteiger partial charge in [-0.15, -0.1) is 0 Å². The summed E-state index contributed by atoms with van der Waals surface area (Å²) in [5, 5.41) is 22.3. The van der Waals surface area contributed by atoms with E-state index in [0.717, 1.165) is 16.7 Å². The average molecular weight is 633 g/mol. The van der Waals surface area contributed by atoms with E-state index in [1.54, 1.807) is 42.7 Å². The first-order valence-corrected chi connectivity index (χ1v) is 15.3. The minimum Gasteiger partial charge on any atom is -0.488 e. The number of rotatable bonds is 10. The van der Waals surface area contributed by atoms with E-state index < -0.39 is 16.8 Å². The van der Waals surface area contributed by atoms with Crippen LogP contribution in [0.25, 0.3) is 5.82 Å². The molecule has 0 radical (unpaired) electrons. The summed E-state index contributed by atoms with van der Waals surface area (Å²) >= 11 is 0. The quantitative estimate of drug-likeness (QED) is 0.137. The van der Waals surface area contributed by atoms with E-state index in [4.69, 9.17) is 14.2 Å². The number of aromatic nitrogens is 3. The number of hydrogen-bond donors (Lipinski definition) is 2. The van der Waals surface area contributed by atoms with Crippen molar-refractivity contribution in [2.75, 3.05) is 18.5 Å². The van der Waals surface area contributed by atoms with E-state index in [1.807, 2.05) is 55.5 Å². The number of carbonyl (C=O) groups is 1. The van der Waals surface area contributed by atoms with Crippen molar-refractivity contribution in [3.8, 4) is 11.6 Å². The normalized spacial score (nSPS) is 17.3. The Balaban J connectivity index is 1.09. The zero-order valence-corrected chi connectivity index (χ0v) is 25.6. The van der Waals surface area contributed by atoms with Crippen molar-refractivity contribution in [3.05, 3.63) is 135 Å². The van der Waals surface area contributed by atoms with Crippen LogP contribution >= 0.6 is 0 Å². The van der Waals surface area contributed by atoms with Crippen LogP contribution in [0.2, 0.25) is 0 Å². The van der Waals surface area contributed by atoms with Gasteiger partial charge in [0.15, 0.2) is 12.1 Å². The summed E-state index contributed by atoms with van der Waals surface area (Å²) in [4.78, 5) is 29.4. The van der Waals surface area contributed by atoms with Crippen molar-refractivity contribution in [1.29, 1.82) is 0 Å². The Morgan fingerprint density at radius 1 is 1.06 bits per heavy atom. The molecular weight excluding hydrogens is 600 g/mol. The fraction of sp³-hybridized carbons (Fsp3) is 0.229. The van der Waals surface area contributed by atoms with Crippen LogP contribution in [-0.4, -0.2) is 38.8 Å². The van der Waals surface area contributed by atoms with Crippen molar-refractivity contribution in [2.45, 2.75) is 38.2 Å². The van der Waals surface area contributed by atoms with Crippen LogP contribution in [-0.2, 0) is 28.0 Å². The number of anilines is 2. The number of benzene rings is 3. The monoisotopic (exact) mass is 632 g/mol. The lowest BCUT2D eigenvalue weighted by Crippen LogP contribution is -2.41. The van der Waals surface area contributed by atoms with Gasteiger partial charge in [0.05, 0.1) is 29.2 Å². The number of carbonyl (C=O) groups excluding carboxylic acids is 1. The molecule has 0 saturated carbocycles. The molecule has 1 atom stereocenters. The zero-order valence-electron chi connectivity index (χ0n) is 25.6. The topological polar surface area (TPSA) is 143 Å². The van der Waals surface area contributed by atoms with Gasteiger partial charge in [0.25, 0.3) is 5.91 Å². The molecule has 1 amide bonds. The standard InChI is InChI=1S/C35H32N6O6/c1-35(39-33(42)25-8-12-30(27(21-25)34-45-18-19-46-34)47-22-23-6-3-2-4-7-23)15-14-24-20-26(9-10-28(24)35)37-32-29(41(43)44)11-13-31(38-32)40-17-5-16-36-40/h2-13,16-17,20-21,34H,14-15,18-19,22H2,1H3,(H,37,38)(H,39,42). The van der Waals surface area contributed by atoms with Crippen LogP contribution in [0, 0.1) is 10.1 Å². The van der Waals surface area contributed by atoms with Gasteiger partial charge in [0.2, 0.25) is 5.82 Å². The van der Waals surface area contributed by atoms with E-state index in [-0.39, 0.29) is 17.4 Å². The predicted octanol–water partition coefficient (Wildman–Crippen LogP) is 6.13. The maximum Gasteiger partial charge on any atom is 0.311 e. The van der Waals surface area contributed by atoms with Crippen molar-refractivity contribution < 1.29 is 23.9 Å². The van der Waals surface area contributed by atoms with Crippen LogP contribution in [0.5, 0.6) is 5.75 Å². The third-order valence-corrected chi connectivity index (χ3v) is 8.43. The lowest BCUT2D eigenvalue weighted by molar-refractivity contribution is -0.384. The average Bonchev–Trinajstić information content (AvgIpc) is 3.87. The number of ether oxygens (including phenoxy) is 3. The van der Waals surface area contributed by atoms with Gasteiger partial charge in [-0.25, -0.2) is 9.67 Å². The second-order valence-electron chi connectivity index (χ2n) is 11.6. The fourth-order valence-corrected chi connectivity index (χ4v) is 6.02. The number of amides is 1. The van der Waals surface area contributed by atoms with Crippen LogP contribution in [0.3, 0.4) is 0 Å². The van der Waals surface area contributed by atoms with Gasteiger partial charge < -0.3 is 24.8 Å². The number of aryl methyl sites for hydroxylation is 1. The van der Waals surface area contributed by atoms with Crippen LogP contribution in [0.4, 0.5) is 17.2 Å². The molecule has 1 fully saturated rings. The number of pyridine rings is 1. The van der Waals surface area contributed by atoms with E-state index in [9.17, 15) is 14.9 Å². The SMILES string of the molecule is CC1(NC(=O)c2ccc(OCc3ccccc3)c(C3OCCO3)c2)CCc2cc(Nc3nc(-n4cccn4)ccc3[N+](=O)[O-])ccc21. The Hall–Kier alpha value is -5.59. The third kappa shape index (κ3) is 6.28. The second-order valence-corrected chi connectivity index (χ2v) is 11.6. The van der Waals surface area contributed by atoms with E-state index in [1.165, 1.54) is 10.7 Å². The highest BCUT2D eigenvalue weighted by Gasteiger charge is 2.36. The summed E-state index contributed by atoms with van der Waals surface area (Å²) in [6.45, 7) is 3.30. The Bertz CT molecular complexity index is 1930. The van der Waals surface area contributed by atoms with Gasteiger partial charge in [-0.1, -0.05) is 36.4 Å². The first-order valence-electron chi connectivity index (χ1n) is 15.3. The van der Waals surface area contributed by atoms with Crippen molar-refractivity contribution in [2.24, 2.45) is 0 Å². The highest BCUT2D eigenvalue weighted by atomic mass is 16.7. The molecule has 1 saturated heterocycles. The molecule has 12 heteroatoms. The smallest absolute Gasteiger partial charge is 0.311 e. The summed E-state index contributed by atoms with van der Waals surface area (Å²) in [5.41, 5.74) is 4.04. The molecule has 47 heavy (non-hydrogen) atoms. The molecule has 0 bridgehead atoms. The summed E-state index contributed by atoms with van der Waals surface area (Å²) < 4.78 is 19.2. The number of hydrogen-bond acceptors (Lipinski definition) is 9. The lowest BCUT2D eigenvalue weighted by Gasteiger charge is -2.28. The molecule has 2 aromatic heterocycles. The molecule has 2 aliphatic rings.